The highest BCUT2D eigenvalue weighted by Crippen LogP contribution is 2.23. The third-order valence-electron chi connectivity index (χ3n) is 4.27. The van der Waals surface area contributed by atoms with E-state index in [1.807, 2.05) is 0 Å². The van der Waals surface area contributed by atoms with Crippen molar-refractivity contribution in [2.24, 2.45) is 0 Å². The van der Waals surface area contributed by atoms with Crippen LogP contribution in [0.1, 0.15) is 44.6 Å². The number of carbonyl (C=O) groups excluding carboxylic acids is 2. The van der Waals surface area contributed by atoms with E-state index < -0.39 is 17.6 Å². The Morgan fingerprint density at radius 2 is 1.89 bits per heavy atom. The highest BCUT2D eigenvalue weighted by atomic mass is 79.9. The number of ether oxygens (including phenoxy) is 2. The van der Waals surface area contributed by atoms with Gasteiger partial charge in [0, 0.05) is 27.2 Å². The molecule has 0 fully saturated rings. The number of aryl methyl sites for hydroxylation is 1. The first-order valence-electron chi connectivity index (χ1n) is 8.57. The average molecular weight is 448 g/mol. The molecule has 0 unspecified atom stereocenters. The molecule has 0 aliphatic rings. The lowest BCUT2D eigenvalue weighted by molar-refractivity contribution is 0.0466. The molecule has 0 amide bonds. The van der Waals surface area contributed by atoms with Crippen molar-refractivity contribution < 1.29 is 23.5 Å². The number of benzene rings is 1. The van der Waals surface area contributed by atoms with Crippen LogP contribution in [0.15, 0.2) is 37.9 Å². The lowest BCUT2D eigenvalue weighted by Gasteiger charge is -2.07. The van der Waals surface area contributed by atoms with Gasteiger partial charge in [-0.1, -0.05) is 15.9 Å². The van der Waals surface area contributed by atoms with Crippen molar-refractivity contribution in [1.29, 1.82) is 0 Å². The molecule has 0 saturated carbocycles. The van der Waals surface area contributed by atoms with Crippen LogP contribution in [0.25, 0.3) is 11.0 Å². The Bertz CT molecular complexity index is 1130. The van der Waals surface area contributed by atoms with Gasteiger partial charge in [0.1, 0.15) is 17.9 Å². The van der Waals surface area contributed by atoms with E-state index in [1.54, 1.807) is 39.0 Å². The number of nitrogens with one attached hydrogen (secondary N) is 1. The minimum absolute atomic E-state index is 0.116. The van der Waals surface area contributed by atoms with E-state index in [2.05, 4.69) is 20.9 Å². The molecule has 3 aromatic rings. The molecule has 1 N–H and O–H groups in total. The van der Waals surface area contributed by atoms with Crippen LogP contribution < -0.4 is 5.63 Å². The number of aromatic amines is 1. The van der Waals surface area contributed by atoms with Crippen molar-refractivity contribution in [3.8, 4) is 0 Å². The number of fused-ring (bicyclic) bond motifs is 1. The molecular formula is C20H18BrNO6. The van der Waals surface area contributed by atoms with E-state index in [9.17, 15) is 14.4 Å². The standard InChI is InChI=1S/C20H18BrNO6/c1-4-26-19(24)17-10(2)18(22-11(17)3)20(25)27-9-12-7-16(23)28-15-8-13(21)5-6-14(12)15/h5-8,22H,4,9H2,1-3H3. The smallest absolute Gasteiger partial charge is 0.355 e. The fraction of sp³-hybridized carbons (Fsp3) is 0.250. The second-order valence-electron chi connectivity index (χ2n) is 6.15. The molecular weight excluding hydrogens is 430 g/mol. The number of hydrogen-bond donors (Lipinski definition) is 1. The zero-order chi connectivity index (χ0) is 20.4. The number of aromatic nitrogens is 1. The molecule has 0 aliphatic heterocycles. The fourth-order valence-electron chi connectivity index (χ4n) is 3.00. The van der Waals surface area contributed by atoms with Crippen molar-refractivity contribution in [3.05, 3.63) is 67.2 Å². The largest absolute Gasteiger partial charge is 0.462 e. The van der Waals surface area contributed by atoms with E-state index in [4.69, 9.17) is 13.9 Å². The molecule has 0 radical (unpaired) electrons. The zero-order valence-electron chi connectivity index (χ0n) is 15.6. The summed E-state index contributed by atoms with van der Waals surface area (Å²) in [5.74, 6) is -1.13. The van der Waals surface area contributed by atoms with Crippen molar-refractivity contribution in [1.82, 2.24) is 4.98 Å². The predicted molar refractivity (Wildman–Crippen MR) is 106 cm³/mol. The average Bonchev–Trinajstić information content (AvgIpc) is 2.93. The highest BCUT2D eigenvalue weighted by molar-refractivity contribution is 9.10. The molecule has 0 bridgehead atoms. The van der Waals surface area contributed by atoms with Gasteiger partial charge in [-0.15, -0.1) is 0 Å². The van der Waals surface area contributed by atoms with Gasteiger partial charge in [0.25, 0.3) is 0 Å². The lowest BCUT2D eigenvalue weighted by Crippen LogP contribution is -2.10. The zero-order valence-corrected chi connectivity index (χ0v) is 17.1. The summed E-state index contributed by atoms with van der Waals surface area (Å²) in [6.07, 6.45) is 0. The number of halogens is 1. The monoisotopic (exact) mass is 447 g/mol. The Balaban J connectivity index is 1.86. The lowest BCUT2D eigenvalue weighted by atomic mass is 10.1. The molecule has 28 heavy (non-hydrogen) atoms. The minimum atomic E-state index is -0.630. The van der Waals surface area contributed by atoms with Gasteiger partial charge in [-0.05, 0) is 44.5 Å². The van der Waals surface area contributed by atoms with E-state index in [0.29, 0.717) is 33.4 Å². The van der Waals surface area contributed by atoms with Crippen LogP contribution in [-0.4, -0.2) is 23.5 Å². The summed E-state index contributed by atoms with van der Waals surface area (Å²) in [6.45, 7) is 5.17. The Hall–Kier alpha value is -2.87. The Labute approximate surface area is 168 Å². The fourth-order valence-corrected chi connectivity index (χ4v) is 3.34. The van der Waals surface area contributed by atoms with Crippen LogP contribution in [0.4, 0.5) is 0 Å². The number of H-pyrrole nitrogens is 1. The molecule has 0 spiro atoms. The van der Waals surface area contributed by atoms with Crippen molar-refractivity contribution in [3.63, 3.8) is 0 Å². The normalized spacial score (nSPS) is 10.9. The Morgan fingerprint density at radius 3 is 2.61 bits per heavy atom. The first kappa shape index (κ1) is 19.9. The molecule has 7 nitrogen and oxygen atoms in total. The van der Waals surface area contributed by atoms with Gasteiger partial charge in [0.05, 0.1) is 12.2 Å². The number of hydrogen-bond acceptors (Lipinski definition) is 6. The molecule has 0 aliphatic carbocycles. The van der Waals surface area contributed by atoms with Crippen LogP contribution in [-0.2, 0) is 16.1 Å². The maximum absolute atomic E-state index is 12.5. The third-order valence-corrected chi connectivity index (χ3v) is 4.77. The molecule has 3 rings (SSSR count). The van der Waals surface area contributed by atoms with Gasteiger partial charge < -0.3 is 18.9 Å². The Kier molecular flexibility index (Phi) is 5.69. The van der Waals surface area contributed by atoms with Crippen LogP contribution in [0.2, 0.25) is 0 Å². The van der Waals surface area contributed by atoms with E-state index in [1.165, 1.54) is 6.07 Å². The summed E-state index contributed by atoms with van der Waals surface area (Å²) in [7, 11) is 0. The van der Waals surface area contributed by atoms with Gasteiger partial charge in [0.15, 0.2) is 0 Å². The van der Waals surface area contributed by atoms with Crippen molar-refractivity contribution in [2.45, 2.75) is 27.4 Å². The summed E-state index contributed by atoms with van der Waals surface area (Å²) in [5, 5.41) is 0.669. The van der Waals surface area contributed by atoms with E-state index in [-0.39, 0.29) is 18.9 Å². The van der Waals surface area contributed by atoms with Crippen LogP contribution in [0.5, 0.6) is 0 Å². The SMILES string of the molecule is CCOC(=O)c1c(C)[nH]c(C(=O)OCc2cc(=O)oc3cc(Br)ccc23)c1C. The predicted octanol–water partition coefficient (Wildman–Crippen LogP) is 4.03. The highest BCUT2D eigenvalue weighted by Gasteiger charge is 2.24. The molecule has 1 aromatic carbocycles. The molecule has 146 valence electrons. The number of esters is 2. The third kappa shape index (κ3) is 3.87. The number of rotatable bonds is 5. The van der Waals surface area contributed by atoms with Crippen molar-refractivity contribution >= 4 is 38.8 Å². The quantitative estimate of drug-likeness (QED) is 0.468. The van der Waals surface area contributed by atoms with Crippen LogP contribution >= 0.6 is 15.9 Å². The molecule has 2 heterocycles. The summed E-state index contributed by atoms with van der Waals surface area (Å²) < 4.78 is 16.3. The van der Waals surface area contributed by atoms with Gasteiger partial charge in [0.2, 0.25) is 0 Å². The Morgan fingerprint density at radius 1 is 1.14 bits per heavy atom. The topological polar surface area (TPSA) is 98.6 Å². The van der Waals surface area contributed by atoms with Crippen LogP contribution in [0, 0.1) is 13.8 Å². The van der Waals surface area contributed by atoms with Gasteiger partial charge in [-0.2, -0.15) is 0 Å². The first-order valence-corrected chi connectivity index (χ1v) is 9.36. The summed E-state index contributed by atoms with van der Waals surface area (Å²) in [5.41, 5.74) is 1.87. The second-order valence-corrected chi connectivity index (χ2v) is 7.07. The van der Waals surface area contributed by atoms with E-state index in [0.717, 1.165) is 4.47 Å². The number of carbonyl (C=O) groups is 2. The van der Waals surface area contributed by atoms with Gasteiger partial charge >= 0.3 is 17.6 Å². The van der Waals surface area contributed by atoms with Crippen molar-refractivity contribution in [2.75, 3.05) is 6.61 Å². The second kappa shape index (κ2) is 8.02. The first-order chi connectivity index (χ1) is 13.3. The maximum Gasteiger partial charge on any atom is 0.355 e. The molecule has 0 atom stereocenters. The van der Waals surface area contributed by atoms with Crippen LogP contribution in [0.3, 0.4) is 0 Å². The summed E-state index contributed by atoms with van der Waals surface area (Å²) in [4.78, 5) is 39.3. The van der Waals surface area contributed by atoms with Gasteiger partial charge in [-0.3, -0.25) is 0 Å². The summed E-state index contributed by atoms with van der Waals surface area (Å²) >= 11 is 3.32. The molecule has 0 saturated heterocycles. The summed E-state index contributed by atoms with van der Waals surface area (Å²) in [6, 6.07) is 6.54. The molecule has 8 heteroatoms. The minimum Gasteiger partial charge on any atom is -0.462 e. The maximum atomic E-state index is 12.5. The molecule has 2 aromatic heterocycles. The van der Waals surface area contributed by atoms with Gasteiger partial charge in [-0.25, -0.2) is 14.4 Å². The van der Waals surface area contributed by atoms with E-state index >= 15 is 0 Å².